The van der Waals surface area contributed by atoms with Crippen LogP contribution in [0.3, 0.4) is 0 Å². The van der Waals surface area contributed by atoms with Gasteiger partial charge in [0.15, 0.2) is 0 Å². The van der Waals surface area contributed by atoms with Crippen molar-refractivity contribution in [2.24, 2.45) is 0 Å². The van der Waals surface area contributed by atoms with Crippen molar-refractivity contribution in [3.05, 3.63) is 168 Å². The molecule has 0 aliphatic heterocycles. The highest BCUT2D eigenvalue weighted by Crippen LogP contribution is 2.41. The average Bonchev–Trinajstić information content (AvgIpc) is 3.64. The van der Waals surface area contributed by atoms with Gasteiger partial charge in [-0.1, -0.05) is 103 Å². The summed E-state index contributed by atoms with van der Waals surface area (Å²) in [6.45, 7) is 0. The van der Waals surface area contributed by atoms with Crippen LogP contribution in [0.15, 0.2) is 152 Å². The van der Waals surface area contributed by atoms with Gasteiger partial charge in [-0.3, -0.25) is 0 Å². The van der Waals surface area contributed by atoms with Gasteiger partial charge in [-0.25, -0.2) is 0 Å². The zero-order valence-corrected chi connectivity index (χ0v) is 25.3. The van der Waals surface area contributed by atoms with E-state index in [9.17, 15) is 0 Å². The lowest BCUT2D eigenvalue weighted by Crippen LogP contribution is -2.05. The lowest BCUT2D eigenvalue weighted by atomic mass is 9.90. The van der Waals surface area contributed by atoms with E-state index in [2.05, 4.69) is 167 Å². The van der Waals surface area contributed by atoms with Gasteiger partial charge >= 0.3 is 0 Å². The predicted molar refractivity (Wildman–Crippen MR) is 195 cm³/mol. The SMILES string of the molecule is C1=C(c2ccc3c(c2)c2ccccc2n3-c2ccc3c(ccc4ccccc43)c2)CCc2c1c1ccccc1n2-c1ccccc1. The van der Waals surface area contributed by atoms with Gasteiger partial charge in [0, 0.05) is 38.8 Å². The summed E-state index contributed by atoms with van der Waals surface area (Å²) < 4.78 is 4.89. The third-order valence-corrected chi connectivity index (χ3v) is 10.0. The third-order valence-electron chi connectivity index (χ3n) is 10.0. The number of nitrogens with zero attached hydrogens (tertiary/aromatic N) is 2. The van der Waals surface area contributed by atoms with Gasteiger partial charge in [-0.15, -0.1) is 0 Å². The number of rotatable bonds is 3. The van der Waals surface area contributed by atoms with Crippen LogP contribution in [0.5, 0.6) is 0 Å². The van der Waals surface area contributed by atoms with E-state index in [0.717, 1.165) is 12.8 Å². The summed E-state index contributed by atoms with van der Waals surface area (Å²) in [5, 5.41) is 9.04. The smallest absolute Gasteiger partial charge is 0.0541 e. The molecule has 9 aromatic rings. The minimum atomic E-state index is 1.01. The minimum absolute atomic E-state index is 1.01. The summed E-state index contributed by atoms with van der Waals surface area (Å²) in [5.41, 5.74) is 11.6. The molecule has 0 unspecified atom stereocenters. The molecule has 0 amide bonds. The van der Waals surface area contributed by atoms with Gasteiger partial charge in [0.1, 0.15) is 0 Å². The number of hydrogen-bond acceptors (Lipinski definition) is 0. The molecule has 1 aliphatic carbocycles. The maximum Gasteiger partial charge on any atom is 0.0541 e. The molecule has 46 heavy (non-hydrogen) atoms. The molecule has 0 fully saturated rings. The van der Waals surface area contributed by atoms with E-state index in [1.54, 1.807) is 0 Å². The minimum Gasteiger partial charge on any atom is -0.313 e. The van der Waals surface area contributed by atoms with Gasteiger partial charge in [-0.2, -0.15) is 0 Å². The number of allylic oxidation sites excluding steroid dienone is 1. The van der Waals surface area contributed by atoms with Crippen molar-refractivity contribution in [2.45, 2.75) is 12.8 Å². The second-order valence-corrected chi connectivity index (χ2v) is 12.5. The van der Waals surface area contributed by atoms with E-state index in [0.29, 0.717) is 0 Å². The highest BCUT2D eigenvalue weighted by atomic mass is 15.0. The Kier molecular flexibility index (Phi) is 5.44. The zero-order valence-electron chi connectivity index (χ0n) is 25.3. The van der Waals surface area contributed by atoms with Gasteiger partial charge in [-0.05, 0) is 100 Å². The summed E-state index contributed by atoms with van der Waals surface area (Å²) in [7, 11) is 0. The summed E-state index contributed by atoms with van der Waals surface area (Å²) in [6, 6.07) is 55.6. The van der Waals surface area contributed by atoms with Crippen LogP contribution in [0, 0.1) is 0 Å². The molecule has 0 saturated carbocycles. The van der Waals surface area contributed by atoms with Crippen LogP contribution in [-0.4, -0.2) is 9.13 Å². The Labute approximate surface area is 267 Å². The number of benzene rings is 7. The molecule has 0 radical (unpaired) electrons. The van der Waals surface area contributed by atoms with Crippen LogP contribution in [0.2, 0.25) is 0 Å². The van der Waals surface area contributed by atoms with Gasteiger partial charge in [0.2, 0.25) is 0 Å². The Morgan fingerprint density at radius 3 is 1.93 bits per heavy atom. The van der Waals surface area contributed by atoms with Crippen molar-refractivity contribution in [3.63, 3.8) is 0 Å². The Balaban J connectivity index is 1.14. The van der Waals surface area contributed by atoms with Crippen molar-refractivity contribution >= 4 is 65.9 Å². The molecule has 2 aromatic heterocycles. The van der Waals surface area contributed by atoms with Crippen LogP contribution in [0.25, 0.3) is 77.3 Å². The van der Waals surface area contributed by atoms with Crippen LogP contribution < -0.4 is 0 Å². The Morgan fingerprint density at radius 2 is 1.07 bits per heavy atom. The zero-order chi connectivity index (χ0) is 30.2. The lowest BCUT2D eigenvalue weighted by Gasteiger charge is -2.18. The molecule has 2 heteroatoms. The Bertz CT molecular complexity index is 2680. The van der Waals surface area contributed by atoms with E-state index < -0.39 is 0 Å². The summed E-state index contributed by atoms with van der Waals surface area (Å²) in [4.78, 5) is 0. The van der Waals surface area contributed by atoms with E-state index in [-0.39, 0.29) is 0 Å². The number of para-hydroxylation sites is 3. The number of hydrogen-bond donors (Lipinski definition) is 0. The fourth-order valence-electron chi connectivity index (χ4n) is 7.91. The first kappa shape index (κ1) is 25.5. The van der Waals surface area contributed by atoms with Crippen LogP contribution in [0.4, 0.5) is 0 Å². The summed E-state index contributed by atoms with van der Waals surface area (Å²) >= 11 is 0. The molecule has 0 saturated heterocycles. The lowest BCUT2D eigenvalue weighted by molar-refractivity contribution is 0.898. The molecule has 2 heterocycles. The molecule has 7 aromatic carbocycles. The van der Waals surface area contributed by atoms with Crippen molar-refractivity contribution in [3.8, 4) is 11.4 Å². The van der Waals surface area contributed by atoms with Gasteiger partial charge in [0.05, 0.1) is 16.6 Å². The average molecular weight is 587 g/mol. The van der Waals surface area contributed by atoms with E-state index in [1.807, 2.05) is 0 Å². The Morgan fingerprint density at radius 1 is 0.391 bits per heavy atom. The van der Waals surface area contributed by atoms with E-state index in [4.69, 9.17) is 0 Å². The van der Waals surface area contributed by atoms with Crippen molar-refractivity contribution < 1.29 is 0 Å². The van der Waals surface area contributed by atoms with Crippen LogP contribution in [-0.2, 0) is 6.42 Å². The Hall–Kier alpha value is -5.86. The molecule has 0 spiro atoms. The second kappa shape index (κ2) is 9.82. The quantitative estimate of drug-likeness (QED) is 0.182. The van der Waals surface area contributed by atoms with Crippen molar-refractivity contribution in [1.82, 2.24) is 9.13 Å². The first-order valence-electron chi connectivity index (χ1n) is 16.2. The summed E-state index contributed by atoms with van der Waals surface area (Å²) in [6.07, 6.45) is 4.48. The molecule has 216 valence electrons. The highest BCUT2D eigenvalue weighted by Gasteiger charge is 2.22. The highest BCUT2D eigenvalue weighted by molar-refractivity contribution is 6.12. The second-order valence-electron chi connectivity index (χ2n) is 12.5. The molecular formula is C44H30N2. The monoisotopic (exact) mass is 586 g/mol. The summed E-state index contributed by atoms with van der Waals surface area (Å²) in [5.74, 6) is 0. The van der Waals surface area contributed by atoms with Crippen molar-refractivity contribution in [2.75, 3.05) is 0 Å². The standard InChI is InChI=1S/C44H30N2/c1-2-11-33(12-3-1)45-41-16-8-6-14-37(41)39-27-30(20-24-43(39)45)31-21-25-44-40(28-31)38-15-7-9-17-42(38)46(44)34-22-23-36-32(26-34)19-18-29-10-4-5-13-35(29)36/h1-19,21-23,25-28H,20,24H2. The number of aromatic nitrogens is 2. The normalized spacial score (nSPS) is 13.2. The molecular weight excluding hydrogens is 556 g/mol. The molecule has 2 nitrogen and oxygen atoms in total. The fraction of sp³-hybridized carbons (Fsp3) is 0.0455. The van der Waals surface area contributed by atoms with Crippen LogP contribution in [0.1, 0.15) is 23.2 Å². The van der Waals surface area contributed by atoms with Gasteiger partial charge in [0.25, 0.3) is 0 Å². The first-order chi connectivity index (χ1) is 22.8. The molecule has 10 rings (SSSR count). The molecule has 0 N–H and O–H groups in total. The fourth-order valence-corrected chi connectivity index (χ4v) is 7.91. The number of fused-ring (bicyclic) bond motifs is 9. The first-order valence-corrected chi connectivity index (χ1v) is 16.2. The maximum atomic E-state index is 2.46. The molecule has 1 aliphatic rings. The molecule has 0 bridgehead atoms. The predicted octanol–water partition coefficient (Wildman–Crippen LogP) is 11.5. The van der Waals surface area contributed by atoms with E-state index >= 15 is 0 Å². The maximum absolute atomic E-state index is 2.46. The molecule has 0 atom stereocenters. The van der Waals surface area contributed by atoms with Gasteiger partial charge < -0.3 is 9.13 Å². The topological polar surface area (TPSA) is 9.86 Å². The largest absolute Gasteiger partial charge is 0.313 e. The van der Waals surface area contributed by atoms with E-state index in [1.165, 1.54) is 88.0 Å². The third kappa shape index (κ3) is 3.71. The van der Waals surface area contributed by atoms with Crippen molar-refractivity contribution in [1.29, 1.82) is 0 Å². The van der Waals surface area contributed by atoms with Crippen LogP contribution >= 0.6 is 0 Å².